The number of halogens is 1. The van der Waals surface area contributed by atoms with Crippen molar-refractivity contribution < 1.29 is 0 Å². The van der Waals surface area contributed by atoms with Gasteiger partial charge in [-0.05, 0) is 17.7 Å². The lowest BCUT2D eigenvalue weighted by molar-refractivity contribution is 1.06. The van der Waals surface area contributed by atoms with Crippen molar-refractivity contribution >= 4 is 18.2 Å². The van der Waals surface area contributed by atoms with E-state index in [1.807, 2.05) is 48.5 Å². The van der Waals surface area contributed by atoms with Crippen LogP contribution in [0.4, 0.5) is 0 Å². The molecular formula is C13H14ClN3. The van der Waals surface area contributed by atoms with Crippen LogP contribution >= 0.6 is 12.4 Å². The Morgan fingerprint density at radius 1 is 1.06 bits per heavy atom. The summed E-state index contributed by atoms with van der Waals surface area (Å²) in [6.45, 7) is 0.587. The van der Waals surface area contributed by atoms with Gasteiger partial charge >= 0.3 is 0 Å². The van der Waals surface area contributed by atoms with Crippen LogP contribution in [0, 0.1) is 0 Å². The summed E-state index contributed by atoms with van der Waals surface area (Å²) in [5, 5.41) is 0. The number of nitrogens with two attached hydrogens (primary N) is 1. The maximum atomic E-state index is 5.83. The topological polar surface area (TPSA) is 51.3 Å². The number of nitrogens with zero attached hydrogens (tertiary/aromatic N) is 2. The van der Waals surface area contributed by atoms with Gasteiger partial charge in [0.05, 0.1) is 6.54 Å². The number of hydrogen-bond acceptors (Lipinski definition) is 2. The molecule has 1 aromatic carbocycles. The molecule has 0 fully saturated rings. The molecule has 0 bridgehead atoms. The Labute approximate surface area is 107 Å². The molecule has 4 heteroatoms. The van der Waals surface area contributed by atoms with Crippen LogP contribution in [0.2, 0.25) is 0 Å². The van der Waals surface area contributed by atoms with Crippen LogP contribution in [0.1, 0.15) is 11.3 Å². The first-order chi connectivity index (χ1) is 7.86. The van der Waals surface area contributed by atoms with Gasteiger partial charge < -0.3 is 5.73 Å². The van der Waals surface area contributed by atoms with Crippen molar-refractivity contribution in [2.24, 2.45) is 10.7 Å². The molecule has 1 aromatic heterocycles. The lowest BCUT2D eigenvalue weighted by atomic mass is 10.2. The third kappa shape index (κ3) is 3.89. The predicted octanol–water partition coefficient (Wildman–Crippen LogP) is 2.41. The SMILES string of the molecule is Cl.NC(=NCc1ccccc1)c1ccccn1. The third-order valence-electron chi connectivity index (χ3n) is 2.20. The Hall–Kier alpha value is -1.87. The molecule has 0 atom stereocenters. The van der Waals surface area contributed by atoms with Crippen LogP contribution in [0.3, 0.4) is 0 Å². The smallest absolute Gasteiger partial charge is 0.144 e. The average molecular weight is 248 g/mol. The third-order valence-corrected chi connectivity index (χ3v) is 2.20. The van der Waals surface area contributed by atoms with Crippen molar-refractivity contribution in [1.82, 2.24) is 4.98 Å². The van der Waals surface area contributed by atoms with Gasteiger partial charge in [-0.25, -0.2) is 0 Å². The van der Waals surface area contributed by atoms with E-state index in [0.29, 0.717) is 12.4 Å². The minimum atomic E-state index is 0. The van der Waals surface area contributed by atoms with E-state index in [4.69, 9.17) is 5.73 Å². The summed E-state index contributed by atoms with van der Waals surface area (Å²) in [7, 11) is 0. The highest BCUT2D eigenvalue weighted by Gasteiger charge is 1.97. The van der Waals surface area contributed by atoms with E-state index in [1.54, 1.807) is 6.20 Å². The van der Waals surface area contributed by atoms with E-state index in [-0.39, 0.29) is 12.4 Å². The fourth-order valence-corrected chi connectivity index (χ4v) is 1.36. The molecule has 0 aliphatic rings. The molecule has 17 heavy (non-hydrogen) atoms. The van der Waals surface area contributed by atoms with E-state index in [2.05, 4.69) is 9.98 Å². The Morgan fingerprint density at radius 2 is 1.76 bits per heavy atom. The van der Waals surface area contributed by atoms with Gasteiger partial charge in [-0.3, -0.25) is 9.98 Å². The van der Waals surface area contributed by atoms with Crippen LogP contribution in [-0.4, -0.2) is 10.8 Å². The molecule has 1 heterocycles. The van der Waals surface area contributed by atoms with Gasteiger partial charge in [-0.15, -0.1) is 12.4 Å². The van der Waals surface area contributed by atoms with Crippen molar-refractivity contribution in [1.29, 1.82) is 0 Å². The fraction of sp³-hybridized carbons (Fsp3) is 0.0769. The Kier molecular flexibility index (Phi) is 5.17. The minimum Gasteiger partial charge on any atom is -0.382 e. The number of pyridine rings is 1. The van der Waals surface area contributed by atoms with Crippen LogP contribution in [0.15, 0.2) is 59.7 Å². The summed E-state index contributed by atoms with van der Waals surface area (Å²) < 4.78 is 0. The van der Waals surface area contributed by atoms with Gasteiger partial charge in [0.15, 0.2) is 0 Å². The standard InChI is InChI=1S/C13H13N3.ClH/c14-13(12-8-4-5-9-15-12)16-10-11-6-2-1-3-7-11;/h1-9H,10H2,(H2,14,16);1H. The predicted molar refractivity (Wildman–Crippen MR) is 72.4 cm³/mol. The second-order valence-corrected chi connectivity index (χ2v) is 3.40. The van der Waals surface area contributed by atoms with Crippen molar-refractivity contribution in [2.75, 3.05) is 0 Å². The second-order valence-electron chi connectivity index (χ2n) is 3.40. The molecule has 0 aliphatic heterocycles. The zero-order valence-electron chi connectivity index (χ0n) is 9.28. The van der Waals surface area contributed by atoms with Gasteiger partial charge in [0.25, 0.3) is 0 Å². The van der Waals surface area contributed by atoms with Gasteiger partial charge in [0.1, 0.15) is 11.5 Å². The van der Waals surface area contributed by atoms with Crippen LogP contribution < -0.4 is 5.73 Å². The molecule has 0 radical (unpaired) electrons. The first-order valence-corrected chi connectivity index (χ1v) is 5.11. The molecule has 0 aliphatic carbocycles. The van der Waals surface area contributed by atoms with E-state index in [9.17, 15) is 0 Å². The summed E-state index contributed by atoms with van der Waals surface area (Å²) >= 11 is 0. The van der Waals surface area contributed by atoms with Crippen LogP contribution in [0.25, 0.3) is 0 Å². The second kappa shape index (κ2) is 6.66. The summed E-state index contributed by atoms with van der Waals surface area (Å²) in [6, 6.07) is 15.6. The van der Waals surface area contributed by atoms with E-state index < -0.39 is 0 Å². The van der Waals surface area contributed by atoms with E-state index in [0.717, 1.165) is 11.3 Å². The lowest BCUT2D eigenvalue weighted by Gasteiger charge is -2.00. The zero-order valence-corrected chi connectivity index (χ0v) is 10.1. The van der Waals surface area contributed by atoms with Crippen molar-refractivity contribution in [3.8, 4) is 0 Å². The van der Waals surface area contributed by atoms with Crippen LogP contribution in [0.5, 0.6) is 0 Å². The quantitative estimate of drug-likeness (QED) is 0.669. The molecule has 3 nitrogen and oxygen atoms in total. The molecule has 2 rings (SSSR count). The first kappa shape index (κ1) is 13.2. The molecule has 0 saturated heterocycles. The summed E-state index contributed by atoms with van der Waals surface area (Å²) in [5.41, 5.74) is 7.69. The monoisotopic (exact) mass is 247 g/mol. The number of aliphatic imine (C=N–C) groups is 1. The maximum absolute atomic E-state index is 5.83. The fourth-order valence-electron chi connectivity index (χ4n) is 1.36. The largest absolute Gasteiger partial charge is 0.382 e. The molecule has 88 valence electrons. The van der Waals surface area contributed by atoms with Crippen LogP contribution in [-0.2, 0) is 6.54 Å². The molecule has 0 unspecified atom stereocenters. The molecular weight excluding hydrogens is 234 g/mol. The Bertz CT molecular complexity index is 469. The minimum absolute atomic E-state index is 0. The van der Waals surface area contributed by atoms with E-state index >= 15 is 0 Å². The van der Waals surface area contributed by atoms with Crippen molar-refractivity contribution in [3.05, 3.63) is 66.0 Å². The van der Waals surface area contributed by atoms with Crippen molar-refractivity contribution in [3.63, 3.8) is 0 Å². The van der Waals surface area contributed by atoms with Gasteiger partial charge in [-0.1, -0.05) is 36.4 Å². The molecule has 2 aromatic rings. The van der Waals surface area contributed by atoms with Crippen molar-refractivity contribution in [2.45, 2.75) is 6.54 Å². The number of rotatable bonds is 3. The van der Waals surface area contributed by atoms with E-state index in [1.165, 1.54) is 0 Å². The lowest BCUT2D eigenvalue weighted by Crippen LogP contribution is -2.15. The maximum Gasteiger partial charge on any atom is 0.144 e. The summed E-state index contributed by atoms with van der Waals surface area (Å²) in [6.07, 6.45) is 1.71. The molecule has 0 saturated carbocycles. The van der Waals surface area contributed by atoms with Gasteiger partial charge in [-0.2, -0.15) is 0 Å². The number of aromatic nitrogens is 1. The summed E-state index contributed by atoms with van der Waals surface area (Å²) in [5.74, 6) is 0.476. The average Bonchev–Trinajstić information content (AvgIpc) is 2.38. The number of hydrogen-bond donors (Lipinski definition) is 1. The zero-order chi connectivity index (χ0) is 11.2. The summed E-state index contributed by atoms with van der Waals surface area (Å²) in [4.78, 5) is 8.43. The molecule has 0 spiro atoms. The van der Waals surface area contributed by atoms with Gasteiger partial charge in [0, 0.05) is 6.20 Å². The first-order valence-electron chi connectivity index (χ1n) is 5.11. The normalized spacial score (nSPS) is 10.7. The number of benzene rings is 1. The van der Waals surface area contributed by atoms with Gasteiger partial charge in [0.2, 0.25) is 0 Å². The molecule has 2 N–H and O–H groups in total. The number of amidine groups is 1. The Balaban J connectivity index is 0.00000144. The Morgan fingerprint density at radius 3 is 2.41 bits per heavy atom. The molecule has 0 amide bonds. The highest BCUT2D eigenvalue weighted by atomic mass is 35.5. The highest BCUT2D eigenvalue weighted by Crippen LogP contribution is 2.01. The highest BCUT2D eigenvalue weighted by molar-refractivity contribution is 5.95.